The summed E-state index contributed by atoms with van der Waals surface area (Å²) in [5.41, 5.74) is 4.72. The van der Waals surface area contributed by atoms with Gasteiger partial charge in [-0.15, -0.1) is 0 Å². The Kier molecular flexibility index (Phi) is 3.20. The molecule has 4 N–H and O–H groups in total. The number of benzene rings is 1. The zero-order valence-corrected chi connectivity index (χ0v) is 9.86. The lowest BCUT2D eigenvalue weighted by molar-refractivity contribution is 1.05. The van der Waals surface area contributed by atoms with Crippen LogP contribution in [-0.2, 0) is 0 Å². The molecule has 88 valence electrons. The number of anilines is 3. The van der Waals surface area contributed by atoms with Crippen LogP contribution in [0.1, 0.15) is 11.4 Å². The predicted octanol–water partition coefficient (Wildman–Crippen LogP) is 2.12. The minimum Gasteiger partial charge on any atom is -0.340 e. The first-order chi connectivity index (χ1) is 8.17. The number of aryl methyl sites for hydroxylation is 2. The first-order valence-corrected chi connectivity index (χ1v) is 5.33. The van der Waals surface area contributed by atoms with Gasteiger partial charge < -0.3 is 10.7 Å². The molecule has 5 heteroatoms. The molecule has 0 radical (unpaired) electrons. The number of rotatable bonds is 3. The van der Waals surface area contributed by atoms with Crippen molar-refractivity contribution in [1.82, 2.24) is 9.97 Å². The van der Waals surface area contributed by atoms with Crippen LogP contribution in [0, 0.1) is 13.8 Å². The zero-order chi connectivity index (χ0) is 12.3. The maximum Gasteiger partial charge on any atom is 0.145 e. The molecule has 1 aromatic heterocycles. The summed E-state index contributed by atoms with van der Waals surface area (Å²) in [5, 5.41) is 3.20. The molecule has 0 atom stereocenters. The number of hydrogen-bond donors (Lipinski definition) is 3. The van der Waals surface area contributed by atoms with Crippen LogP contribution < -0.4 is 16.6 Å². The Balaban J connectivity index is 2.23. The summed E-state index contributed by atoms with van der Waals surface area (Å²) in [6.07, 6.45) is 0. The Hall–Kier alpha value is -2.14. The van der Waals surface area contributed by atoms with Gasteiger partial charge in [0, 0.05) is 11.8 Å². The van der Waals surface area contributed by atoms with Gasteiger partial charge in [0.05, 0.1) is 0 Å². The smallest absolute Gasteiger partial charge is 0.145 e. The topological polar surface area (TPSA) is 75.9 Å². The molecule has 0 fully saturated rings. The van der Waals surface area contributed by atoms with E-state index in [0.29, 0.717) is 17.5 Å². The van der Waals surface area contributed by atoms with E-state index in [0.717, 1.165) is 5.69 Å². The molecular formula is C12H15N5. The number of hydrazine groups is 1. The van der Waals surface area contributed by atoms with Crippen molar-refractivity contribution in [2.75, 3.05) is 10.7 Å². The Morgan fingerprint density at radius 3 is 2.29 bits per heavy atom. The largest absolute Gasteiger partial charge is 0.340 e. The van der Waals surface area contributed by atoms with Gasteiger partial charge in [0.1, 0.15) is 17.5 Å². The SMILES string of the molecule is Cc1ccc(Nc2cc(NN)nc(C)n2)cc1. The van der Waals surface area contributed by atoms with E-state index in [4.69, 9.17) is 5.84 Å². The molecule has 0 saturated heterocycles. The Morgan fingerprint density at radius 1 is 1.00 bits per heavy atom. The summed E-state index contributed by atoms with van der Waals surface area (Å²) in [6.45, 7) is 3.87. The van der Waals surface area contributed by atoms with Gasteiger partial charge in [0.2, 0.25) is 0 Å². The Bertz CT molecular complexity index is 507. The fourth-order valence-electron chi connectivity index (χ4n) is 1.49. The van der Waals surface area contributed by atoms with Crippen LogP contribution >= 0.6 is 0 Å². The number of nitrogens with one attached hydrogen (secondary N) is 2. The summed E-state index contributed by atoms with van der Waals surface area (Å²) in [6, 6.07) is 9.84. The van der Waals surface area contributed by atoms with Crippen LogP contribution in [0.3, 0.4) is 0 Å². The fraction of sp³-hybridized carbons (Fsp3) is 0.167. The second-order valence-corrected chi connectivity index (χ2v) is 3.82. The number of nitrogens with zero attached hydrogens (tertiary/aromatic N) is 2. The lowest BCUT2D eigenvalue weighted by Gasteiger charge is -2.08. The molecule has 1 heterocycles. The monoisotopic (exact) mass is 229 g/mol. The van der Waals surface area contributed by atoms with Crippen molar-refractivity contribution in [2.45, 2.75) is 13.8 Å². The lowest BCUT2D eigenvalue weighted by Crippen LogP contribution is -2.10. The molecule has 0 aliphatic heterocycles. The van der Waals surface area contributed by atoms with Crippen molar-refractivity contribution in [2.24, 2.45) is 5.84 Å². The highest BCUT2D eigenvalue weighted by molar-refractivity contribution is 5.59. The number of nitrogens with two attached hydrogens (primary N) is 1. The van der Waals surface area contributed by atoms with Crippen LogP contribution in [0.4, 0.5) is 17.3 Å². The van der Waals surface area contributed by atoms with E-state index in [2.05, 4.69) is 27.6 Å². The van der Waals surface area contributed by atoms with E-state index in [1.807, 2.05) is 31.2 Å². The molecule has 2 aromatic rings. The van der Waals surface area contributed by atoms with Crippen molar-refractivity contribution in [1.29, 1.82) is 0 Å². The number of nitrogen functional groups attached to an aromatic ring is 1. The highest BCUT2D eigenvalue weighted by atomic mass is 15.3. The molecule has 0 aliphatic carbocycles. The van der Waals surface area contributed by atoms with Crippen molar-refractivity contribution >= 4 is 17.3 Å². The molecule has 5 nitrogen and oxygen atoms in total. The quantitative estimate of drug-likeness (QED) is 0.555. The summed E-state index contributed by atoms with van der Waals surface area (Å²) < 4.78 is 0. The summed E-state index contributed by atoms with van der Waals surface area (Å²) in [7, 11) is 0. The van der Waals surface area contributed by atoms with Gasteiger partial charge >= 0.3 is 0 Å². The molecule has 0 unspecified atom stereocenters. The van der Waals surface area contributed by atoms with Crippen molar-refractivity contribution in [3.63, 3.8) is 0 Å². The third kappa shape index (κ3) is 2.92. The lowest BCUT2D eigenvalue weighted by atomic mass is 10.2. The molecule has 0 saturated carbocycles. The molecule has 2 rings (SSSR count). The van der Waals surface area contributed by atoms with Crippen molar-refractivity contribution < 1.29 is 0 Å². The summed E-state index contributed by atoms with van der Waals surface area (Å²) >= 11 is 0. The highest BCUT2D eigenvalue weighted by Gasteiger charge is 2.01. The third-order valence-corrected chi connectivity index (χ3v) is 2.31. The first-order valence-electron chi connectivity index (χ1n) is 5.33. The Labute approximate surface area is 100 Å². The van der Waals surface area contributed by atoms with Gasteiger partial charge in [0.15, 0.2) is 0 Å². The van der Waals surface area contributed by atoms with Crippen molar-refractivity contribution in [3.05, 3.63) is 41.7 Å². The third-order valence-electron chi connectivity index (χ3n) is 2.31. The standard InChI is InChI=1S/C12H15N5/c1-8-3-5-10(6-4-8)16-11-7-12(17-13)15-9(2)14-11/h3-7H,13H2,1-2H3,(H2,14,15,16,17). The van der Waals surface area contributed by atoms with E-state index in [9.17, 15) is 0 Å². The van der Waals surface area contributed by atoms with E-state index in [1.165, 1.54) is 5.56 Å². The predicted molar refractivity (Wildman–Crippen MR) is 69.0 cm³/mol. The normalized spacial score (nSPS) is 10.1. The Morgan fingerprint density at radius 2 is 1.65 bits per heavy atom. The average molecular weight is 229 g/mol. The van der Waals surface area contributed by atoms with E-state index < -0.39 is 0 Å². The number of hydrogen-bond acceptors (Lipinski definition) is 5. The molecule has 17 heavy (non-hydrogen) atoms. The molecular weight excluding hydrogens is 214 g/mol. The van der Waals surface area contributed by atoms with Crippen LogP contribution in [0.2, 0.25) is 0 Å². The maximum atomic E-state index is 5.33. The van der Waals surface area contributed by atoms with Gasteiger partial charge in [-0.3, -0.25) is 0 Å². The average Bonchev–Trinajstić information content (AvgIpc) is 2.31. The maximum absolute atomic E-state index is 5.33. The number of aromatic nitrogens is 2. The molecule has 0 spiro atoms. The minimum absolute atomic E-state index is 0.590. The van der Waals surface area contributed by atoms with Crippen LogP contribution in [-0.4, -0.2) is 9.97 Å². The zero-order valence-electron chi connectivity index (χ0n) is 9.86. The van der Waals surface area contributed by atoms with Gasteiger partial charge in [-0.2, -0.15) is 0 Å². The van der Waals surface area contributed by atoms with Gasteiger partial charge in [-0.05, 0) is 26.0 Å². The van der Waals surface area contributed by atoms with Crippen LogP contribution in [0.25, 0.3) is 0 Å². The van der Waals surface area contributed by atoms with E-state index in [-0.39, 0.29) is 0 Å². The van der Waals surface area contributed by atoms with Gasteiger partial charge in [0.25, 0.3) is 0 Å². The molecule has 0 amide bonds. The summed E-state index contributed by atoms with van der Waals surface area (Å²) in [5.74, 6) is 7.30. The minimum atomic E-state index is 0.590. The van der Waals surface area contributed by atoms with Gasteiger partial charge in [-0.1, -0.05) is 17.7 Å². The van der Waals surface area contributed by atoms with E-state index >= 15 is 0 Å². The summed E-state index contributed by atoms with van der Waals surface area (Å²) in [4.78, 5) is 8.40. The second kappa shape index (κ2) is 4.80. The molecule has 0 bridgehead atoms. The van der Waals surface area contributed by atoms with Crippen LogP contribution in [0.15, 0.2) is 30.3 Å². The van der Waals surface area contributed by atoms with Gasteiger partial charge in [-0.25, -0.2) is 15.8 Å². The molecule has 1 aromatic carbocycles. The fourth-order valence-corrected chi connectivity index (χ4v) is 1.49. The molecule has 0 aliphatic rings. The van der Waals surface area contributed by atoms with Crippen molar-refractivity contribution in [3.8, 4) is 0 Å². The first kappa shape index (κ1) is 11.3. The second-order valence-electron chi connectivity index (χ2n) is 3.82. The van der Waals surface area contributed by atoms with E-state index in [1.54, 1.807) is 6.07 Å². The highest BCUT2D eigenvalue weighted by Crippen LogP contribution is 2.17. The van der Waals surface area contributed by atoms with Crippen LogP contribution in [0.5, 0.6) is 0 Å².